The zero-order chi connectivity index (χ0) is 21.5. The van der Waals surface area contributed by atoms with Crippen molar-refractivity contribution < 1.29 is 22.0 Å². The molecular formula is C17H16F2N6O3S2. The van der Waals surface area contributed by atoms with Crippen molar-refractivity contribution in [2.75, 3.05) is 11.9 Å². The first kappa shape index (κ1) is 20.5. The highest BCUT2D eigenvalue weighted by Crippen LogP contribution is 2.37. The van der Waals surface area contributed by atoms with Crippen LogP contribution in [0.4, 0.5) is 14.5 Å². The van der Waals surface area contributed by atoms with E-state index in [-0.39, 0.29) is 15.7 Å². The van der Waals surface area contributed by atoms with Crippen molar-refractivity contribution in [2.45, 2.75) is 23.9 Å². The molecule has 1 fully saturated rings. The van der Waals surface area contributed by atoms with Crippen molar-refractivity contribution in [3.05, 3.63) is 52.4 Å². The lowest BCUT2D eigenvalue weighted by atomic mass is 10.2. The van der Waals surface area contributed by atoms with Crippen molar-refractivity contribution in [1.82, 2.24) is 24.1 Å². The van der Waals surface area contributed by atoms with Gasteiger partial charge in [0, 0.05) is 25.9 Å². The predicted octanol–water partition coefficient (Wildman–Crippen LogP) is 2.33. The van der Waals surface area contributed by atoms with Crippen LogP contribution >= 0.6 is 11.3 Å². The van der Waals surface area contributed by atoms with Gasteiger partial charge < -0.3 is 9.88 Å². The number of rotatable bonds is 5. The Balaban J connectivity index is 1.54. The van der Waals surface area contributed by atoms with Gasteiger partial charge in [-0.3, -0.25) is 4.79 Å². The maximum Gasteiger partial charge on any atom is 0.286 e. The number of benzene rings is 1. The first-order chi connectivity index (χ1) is 14.3. The number of aromatic nitrogens is 4. The molecule has 2 aromatic heterocycles. The van der Waals surface area contributed by atoms with Gasteiger partial charge in [-0.25, -0.2) is 22.2 Å². The Bertz CT molecular complexity index is 1210. The van der Waals surface area contributed by atoms with E-state index in [1.54, 1.807) is 11.6 Å². The zero-order valence-corrected chi connectivity index (χ0v) is 17.3. The van der Waals surface area contributed by atoms with Crippen LogP contribution < -0.4 is 5.32 Å². The van der Waals surface area contributed by atoms with Crippen molar-refractivity contribution >= 4 is 33.0 Å². The molecule has 0 spiro atoms. The lowest BCUT2D eigenvalue weighted by molar-refractivity contribution is 0.102. The molecule has 158 valence electrons. The molecule has 0 radical (unpaired) electrons. The number of aryl methyl sites for hydroxylation is 1. The second kappa shape index (κ2) is 7.81. The number of hydrogen-bond donors (Lipinski definition) is 1. The minimum Gasteiger partial charge on any atom is -0.339 e. The summed E-state index contributed by atoms with van der Waals surface area (Å²) in [6.45, 7) is 0.297. The van der Waals surface area contributed by atoms with Crippen molar-refractivity contribution in [3.8, 4) is 0 Å². The van der Waals surface area contributed by atoms with Crippen LogP contribution in [-0.4, -0.2) is 44.9 Å². The molecule has 1 aliphatic heterocycles. The fourth-order valence-corrected chi connectivity index (χ4v) is 5.73. The Hall–Kier alpha value is -2.77. The van der Waals surface area contributed by atoms with Crippen LogP contribution in [0, 0.1) is 11.6 Å². The van der Waals surface area contributed by atoms with Crippen LogP contribution in [0.3, 0.4) is 0 Å². The van der Waals surface area contributed by atoms with Crippen LogP contribution in [0.25, 0.3) is 0 Å². The number of imidazole rings is 1. The molecule has 4 rings (SSSR count). The molecule has 30 heavy (non-hydrogen) atoms. The van der Waals surface area contributed by atoms with Crippen molar-refractivity contribution in [1.29, 1.82) is 0 Å². The first-order valence-corrected chi connectivity index (χ1v) is 11.1. The fraction of sp³-hybridized carbons (Fsp3) is 0.294. The summed E-state index contributed by atoms with van der Waals surface area (Å²) in [7, 11) is -2.16. The van der Waals surface area contributed by atoms with Gasteiger partial charge >= 0.3 is 0 Å². The number of nitrogens with one attached hydrogen (secondary N) is 1. The van der Waals surface area contributed by atoms with Gasteiger partial charge in [0.15, 0.2) is 5.03 Å². The number of sulfonamides is 1. The summed E-state index contributed by atoms with van der Waals surface area (Å²) in [5.74, 6) is -2.41. The maximum absolute atomic E-state index is 13.8. The number of halogens is 2. The summed E-state index contributed by atoms with van der Waals surface area (Å²) in [6, 6.07) is 2.20. The first-order valence-electron chi connectivity index (χ1n) is 8.85. The largest absolute Gasteiger partial charge is 0.339 e. The molecular weight excluding hydrogens is 438 g/mol. The minimum absolute atomic E-state index is 0.0594. The van der Waals surface area contributed by atoms with E-state index >= 15 is 0 Å². The summed E-state index contributed by atoms with van der Waals surface area (Å²) in [6.07, 6.45) is 3.97. The molecule has 1 unspecified atom stereocenters. The SMILES string of the molecule is Cn1cnc(S(=O)(=O)N2CCCC2c2nnc(C(=O)Nc3ccc(F)cc3F)s2)c1. The maximum atomic E-state index is 13.8. The predicted molar refractivity (Wildman–Crippen MR) is 103 cm³/mol. The highest BCUT2D eigenvalue weighted by atomic mass is 32.2. The quantitative estimate of drug-likeness (QED) is 0.634. The van der Waals surface area contributed by atoms with Crippen LogP contribution in [0.5, 0.6) is 0 Å². The van der Waals surface area contributed by atoms with Gasteiger partial charge in [0.25, 0.3) is 15.9 Å². The summed E-state index contributed by atoms with van der Waals surface area (Å²) in [5, 5.41) is 10.3. The fourth-order valence-electron chi connectivity index (χ4n) is 3.14. The van der Waals surface area contributed by atoms with E-state index in [1.807, 2.05) is 0 Å². The molecule has 1 aliphatic rings. The van der Waals surface area contributed by atoms with Crippen molar-refractivity contribution in [3.63, 3.8) is 0 Å². The highest BCUT2D eigenvalue weighted by Gasteiger charge is 2.39. The third-order valence-electron chi connectivity index (χ3n) is 4.56. The summed E-state index contributed by atoms with van der Waals surface area (Å²) < 4.78 is 55.5. The Kier molecular flexibility index (Phi) is 5.34. The van der Waals surface area contributed by atoms with E-state index in [0.29, 0.717) is 30.5 Å². The van der Waals surface area contributed by atoms with Crippen LogP contribution in [0.1, 0.15) is 33.7 Å². The normalized spacial score (nSPS) is 17.4. The monoisotopic (exact) mass is 454 g/mol. The van der Waals surface area contributed by atoms with E-state index < -0.39 is 33.6 Å². The molecule has 3 aromatic rings. The number of carbonyl (C=O) groups is 1. The summed E-state index contributed by atoms with van der Waals surface area (Å²) in [5.41, 5.74) is -0.196. The van der Waals surface area contributed by atoms with E-state index in [4.69, 9.17) is 0 Å². The molecule has 0 saturated carbocycles. The molecule has 13 heteroatoms. The Morgan fingerprint density at radius 3 is 2.80 bits per heavy atom. The average Bonchev–Trinajstić information content (AvgIpc) is 3.43. The third-order valence-corrected chi connectivity index (χ3v) is 7.37. The van der Waals surface area contributed by atoms with Crippen molar-refractivity contribution in [2.24, 2.45) is 7.05 Å². The molecule has 1 aromatic carbocycles. The Morgan fingerprint density at radius 1 is 1.30 bits per heavy atom. The highest BCUT2D eigenvalue weighted by molar-refractivity contribution is 7.89. The van der Waals surface area contributed by atoms with E-state index in [9.17, 15) is 22.0 Å². The lowest BCUT2D eigenvalue weighted by Gasteiger charge is -2.20. The topological polar surface area (TPSA) is 110 Å². The smallest absolute Gasteiger partial charge is 0.286 e. The van der Waals surface area contributed by atoms with Gasteiger partial charge in [0.05, 0.1) is 18.1 Å². The van der Waals surface area contributed by atoms with Crippen LogP contribution in [0.2, 0.25) is 0 Å². The molecule has 1 atom stereocenters. The number of anilines is 1. The van der Waals surface area contributed by atoms with Gasteiger partial charge in [-0.1, -0.05) is 11.3 Å². The van der Waals surface area contributed by atoms with E-state index in [0.717, 1.165) is 23.5 Å². The van der Waals surface area contributed by atoms with Gasteiger partial charge in [0.1, 0.15) is 16.6 Å². The second-order valence-electron chi connectivity index (χ2n) is 6.67. The summed E-state index contributed by atoms with van der Waals surface area (Å²) >= 11 is 0.924. The van der Waals surface area contributed by atoms with E-state index in [2.05, 4.69) is 20.5 Å². The Labute approximate surface area is 174 Å². The number of nitrogens with zero attached hydrogens (tertiary/aromatic N) is 5. The number of amides is 1. The molecule has 0 bridgehead atoms. The molecule has 1 N–H and O–H groups in total. The van der Waals surface area contributed by atoms with Gasteiger partial charge in [-0.15, -0.1) is 10.2 Å². The zero-order valence-electron chi connectivity index (χ0n) is 15.6. The van der Waals surface area contributed by atoms with Crippen LogP contribution in [-0.2, 0) is 17.1 Å². The lowest BCUT2D eigenvalue weighted by Crippen LogP contribution is -2.31. The number of hydrogen-bond acceptors (Lipinski definition) is 7. The Morgan fingerprint density at radius 2 is 2.10 bits per heavy atom. The third kappa shape index (κ3) is 3.82. The van der Waals surface area contributed by atoms with Gasteiger partial charge in [-0.05, 0) is 25.0 Å². The van der Waals surface area contributed by atoms with E-state index in [1.165, 1.54) is 16.8 Å². The average molecular weight is 454 g/mol. The second-order valence-corrected chi connectivity index (χ2v) is 9.52. The molecule has 1 saturated heterocycles. The standard InChI is InChI=1S/C17H16F2N6O3S2/c1-24-8-14(20-9-24)30(27,28)25-6-2-3-13(25)16-22-23-17(29-16)15(26)21-12-5-4-10(18)7-11(12)19/h4-5,7-9,13H,2-3,6H2,1H3,(H,21,26). The number of carbonyl (C=O) groups excluding carboxylic acids is 1. The molecule has 3 heterocycles. The minimum atomic E-state index is -3.83. The van der Waals surface area contributed by atoms with Crippen LogP contribution in [0.15, 0.2) is 35.7 Å². The molecule has 0 aliphatic carbocycles. The van der Waals surface area contributed by atoms with Gasteiger partial charge in [-0.2, -0.15) is 4.31 Å². The van der Waals surface area contributed by atoms with Gasteiger partial charge in [0.2, 0.25) is 5.01 Å². The summed E-state index contributed by atoms with van der Waals surface area (Å²) in [4.78, 5) is 16.3. The molecule has 9 nitrogen and oxygen atoms in total. The molecule has 1 amide bonds.